The van der Waals surface area contributed by atoms with Crippen LogP contribution >= 0.6 is 0 Å². The molecule has 0 saturated carbocycles. The van der Waals surface area contributed by atoms with E-state index in [4.69, 9.17) is 20.4 Å². The lowest BCUT2D eigenvalue weighted by Gasteiger charge is -2.26. The highest BCUT2D eigenvalue weighted by atomic mass is 16.4. The summed E-state index contributed by atoms with van der Waals surface area (Å²) in [6.07, 6.45) is -7.74. The van der Waals surface area contributed by atoms with E-state index < -0.39 is 56.2 Å². The largest absolute Gasteiger partial charge is 0.394 e. The third kappa shape index (κ3) is 4.82. The number of carbonyl (C=O) groups excluding carboxylic acids is 1. The first-order chi connectivity index (χ1) is 8.38. The summed E-state index contributed by atoms with van der Waals surface area (Å²) in [4.78, 5) is 11.3. The van der Waals surface area contributed by atoms with Crippen molar-refractivity contribution in [2.75, 3.05) is 19.8 Å². The maximum absolute atomic E-state index is 11.3. The average molecular weight is 269 g/mol. The molecule has 0 aromatic rings. The number of aliphatic hydroxyl groups is 7. The highest BCUT2D eigenvalue weighted by Gasteiger charge is 2.34. The minimum atomic E-state index is -2.08. The summed E-state index contributed by atoms with van der Waals surface area (Å²) >= 11 is 0. The lowest BCUT2D eigenvalue weighted by atomic mass is 10.0. The normalized spacial score (nSPS) is 18.2. The number of carbonyl (C=O) groups is 1. The third-order valence-electron chi connectivity index (χ3n) is 2.31. The lowest BCUT2D eigenvalue weighted by Crippen LogP contribution is -2.54. The van der Waals surface area contributed by atoms with Crippen molar-refractivity contribution in [3.8, 4) is 0 Å². The molecule has 0 rings (SSSR count). The molecule has 9 heteroatoms. The first-order valence-electron chi connectivity index (χ1n) is 5.24. The topological polar surface area (TPSA) is 171 Å². The molecule has 0 heterocycles. The molecule has 18 heavy (non-hydrogen) atoms. The fourth-order valence-electron chi connectivity index (χ4n) is 1.11. The minimum Gasteiger partial charge on any atom is -0.394 e. The Hall–Kier alpha value is -0.810. The van der Waals surface area contributed by atoms with Gasteiger partial charge in [-0.2, -0.15) is 0 Å². The fraction of sp³-hybridized carbons (Fsp3) is 0.889. The molecule has 0 radical (unpaired) electrons. The SMILES string of the molecule is O=C(NC(CO)CO)C(O)C(O)C(O)C(O)CO. The van der Waals surface area contributed by atoms with Crippen molar-refractivity contribution in [1.82, 2.24) is 5.32 Å². The fourth-order valence-corrected chi connectivity index (χ4v) is 1.11. The zero-order chi connectivity index (χ0) is 14.3. The molecule has 0 aliphatic rings. The van der Waals surface area contributed by atoms with Gasteiger partial charge in [-0.3, -0.25) is 4.79 Å². The van der Waals surface area contributed by atoms with Crippen molar-refractivity contribution in [3.05, 3.63) is 0 Å². The maximum Gasteiger partial charge on any atom is 0.252 e. The van der Waals surface area contributed by atoms with E-state index in [2.05, 4.69) is 0 Å². The maximum atomic E-state index is 11.3. The molecular weight excluding hydrogens is 250 g/mol. The number of nitrogens with one attached hydrogen (secondary N) is 1. The second kappa shape index (κ2) is 8.32. The van der Waals surface area contributed by atoms with Gasteiger partial charge in [0.25, 0.3) is 5.91 Å². The van der Waals surface area contributed by atoms with Gasteiger partial charge >= 0.3 is 0 Å². The van der Waals surface area contributed by atoms with Crippen LogP contribution in [0.2, 0.25) is 0 Å². The Morgan fingerprint density at radius 2 is 1.39 bits per heavy atom. The molecule has 1 amide bonds. The van der Waals surface area contributed by atoms with Gasteiger partial charge in [0.1, 0.15) is 18.3 Å². The average Bonchev–Trinajstić information content (AvgIpc) is 2.40. The Morgan fingerprint density at radius 1 is 0.889 bits per heavy atom. The molecule has 0 aromatic heterocycles. The Kier molecular flexibility index (Phi) is 7.95. The van der Waals surface area contributed by atoms with E-state index in [0.29, 0.717) is 0 Å². The summed E-state index contributed by atoms with van der Waals surface area (Å²) in [5.74, 6) is -1.14. The van der Waals surface area contributed by atoms with Gasteiger partial charge in [0, 0.05) is 0 Å². The third-order valence-corrected chi connectivity index (χ3v) is 2.31. The summed E-state index contributed by atoms with van der Waals surface area (Å²) in [7, 11) is 0. The molecular formula is C9H19NO8. The van der Waals surface area contributed by atoms with Gasteiger partial charge in [-0.05, 0) is 0 Å². The van der Waals surface area contributed by atoms with Gasteiger partial charge in [0.05, 0.1) is 25.9 Å². The number of hydrogen-bond donors (Lipinski definition) is 8. The van der Waals surface area contributed by atoms with Crippen LogP contribution in [0.25, 0.3) is 0 Å². The van der Waals surface area contributed by atoms with Crippen LogP contribution in [-0.2, 0) is 4.79 Å². The molecule has 0 spiro atoms. The minimum absolute atomic E-state index is 0.577. The molecule has 9 nitrogen and oxygen atoms in total. The first-order valence-corrected chi connectivity index (χ1v) is 5.24. The van der Waals surface area contributed by atoms with Crippen molar-refractivity contribution < 1.29 is 40.5 Å². The van der Waals surface area contributed by atoms with Gasteiger partial charge in [0.2, 0.25) is 0 Å². The number of rotatable bonds is 8. The number of hydrogen-bond acceptors (Lipinski definition) is 8. The van der Waals surface area contributed by atoms with E-state index in [1.54, 1.807) is 0 Å². The molecule has 4 unspecified atom stereocenters. The molecule has 0 fully saturated rings. The molecule has 0 saturated heterocycles. The summed E-state index contributed by atoms with van der Waals surface area (Å²) in [5, 5.41) is 64.9. The standard InChI is InChI=1S/C9H19NO8/c11-1-4(2-12)10-9(18)8(17)7(16)6(15)5(14)3-13/h4-8,11-17H,1-3H2,(H,10,18). The van der Waals surface area contributed by atoms with Crippen molar-refractivity contribution in [3.63, 3.8) is 0 Å². The molecule has 0 bridgehead atoms. The number of amides is 1. The Morgan fingerprint density at radius 3 is 1.78 bits per heavy atom. The van der Waals surface area contributed by atoms with E-state index in [1.807, 2.05) is 5.32 Å². The number of aliphatic hydroxyl groups excluding tert-OH is 7. The van der Waals surface area contributed by atoms with Crippen molar-refractivity contribution in [1.29, 1.82) is 0 Å². The smallest absolute Gasteiger partial charge is 0.252 e. The predicted octanol–water partition coefficient (Wildman–Crippen LogP) is -5.11. The van der Waals surface area contributed by atoms with E-state index in [0.717, 1.165) is 0 Å². The summed E-state index contributed by atoms with van der Waals surface area (Å²) in [5.41, 5.74) is 0. The highest BCUT2D eigenvalue weighted by molar-refractivity contribution is 5.81. The van der Waals surface area contributed by atoms with Crippen LogP contribution in [0.3, 0.4) is 0 Å². The van der Waals surface area contributed by atoms with Crippen molar-refractivity contribution in [2.24, 2.45) is 0 Å². The summed E-state index contributed by atoms with van der Waals surface area (Å²) < 4.78 is 0. The zero-order valence-corrected chi connectivity index (χ0v) is 9.55. The van der Waals surface area contributed by atoms with Crippen LogP contribution in [-0.4, -0.2) is 91.9 Å². The van der Waals surface area contributed by atoms with Crippen molar-refractivity contribution in [2.45, 2.75) is 30.5 Å². The Bertz CT molecular complexity index is 247. The predicted molar refractivity (Wildman–Crippen MR) is 57.2 cm³/mol. The Labute approximate surface area is 103 Å². The monoisotopic (exact) mass is 269 g/mol. The van der Waals surface area contributed by atoms with Gasteiger partial charge in [-0.15, -0.1) is 0 Å². The van der Waals surface area contributed by atoms with E-state index in [1.165, 1.54) is 0 Å². The van der Waals surface area contributed by atoms with Gasteiger partial charge in [-0.25, -0.2) is 0 Å². The van der Waals surface area contributed by atoms with Gasteiger partial charge in [-0.1, -0.05) is 0 Å². The van der Waals surface area contributed by atoms with Crippen LogP contribution < -0.4 is 5.32 Å². The zero-order valence-electron chi connectivity index (χ0n) is 9.55. The van der Waals surface area contributed by atoms with Crippen LogP contribution in [0.5, 0.6) is 0 Å². The highest BCUT2D eigenvalue weighted by Crippen LogP contribution is 2.05. The van der Waals surface area contributed by atoms with Crippen LogP contribution in [0.1, 0.15) is 0 Å². The molecule has 108 valence electrons. The van der Waals surface area contributed by atoms with Crippen molar-refractivity contribution >= 4 is 5.91 Å². The van der Waals surface area contributed by atoms with Crippen LogP contribution in [0.4, 0.5) is 0 Å². The van der Waals surface area contributed by atoms with Crippen LogP contribution in [0, 0.1) is 0 Å². The molecule has 0 aromatic carbocycles. The molecule has 4 atom stereocenters. The summed E-state index contributed by atoms with van der Waals surface area (Å²) in [6.45, 7) is -2.01. The Balaban J connectivity index is 4.44. The lowest BCUT2D eigenvalue weighted by molar-refractivity contribution is -0.150. The van der Waals surface area contributed by atoms with Gasteiger partial charge in [0.15, 0.2) is 6.10 Å². The quantitative estimate of drug-likeness (QED) is 0.216. The summed E-state index contributed by atoms with van der Waals surface area (Å²) in [6, 6.07) is -1.01. The van der Waals surface area contributed by atoms with Crippen LogP contribution in [0.15, 0.2) is 0 Å². The van der Waals surface area contributed by atoms with E-state index in [-0.39, 0.29) is 0 Å². The molecule has 0 aliphatic heterocycles. The molecule has 0 aliphatic carbocycles. The van der Waals surface area contributed by atoms with E-state index in [9.17, 15) is 20.1 Å². The molecule has 8 N–H and O–H groups in total. The van der Waals surface area contributed by atoms with Gasteiger partial charge < -0.3 is 41.1 Å². The second-order valence-corrected chi connectivity index (χ2v) is 3.75. The second-order valence-electron chi connectivity index (χ2n) is 3.75. The first kappa shape index (κ1) is 17.2. The van der Waals surface area contributed by atoms with E-state index >= 15 is 0 Å².